The van der Waals surface area contributed by atoms with E-state index in [1.807, 2.05) is 0 Å². The maximum absolute atomic E-state index is 13.2. The van der Waals surface area contributed by atoms with Gasteiger partial charge in [0, 0.05) is 0 Å². The first-order chi connectivity index (χ1) is 9.25. The third-order valence-electron chi connectivity index (χ3n) is 4.24. The van der Waals surface area contributed by atoms with Crippen molar-refractivity contribution in [2.75, 3.05) is 0 Å². The van der Waals surface area contributed by atoms with Crippen molar-refractivity contribution in [2.24, 2.45) is 17.8 Å². The molecule has 0 aliphatic carbocycles. The van der Waals surface area contributed by atoms with E-state index in [0.29, 0.717) is 0 Å². The molecule has 0 saturated carbocycles. The molecule has 0 aromatic carbocycles. The van der Waals surface area contributed by atoms with Gasteiger partial charge in [-0.05, 0) is 35.9 Å². The fourth-order valence-corrected chi connectivity index (χ4v) is 6.17. The van der Waals surface area contributed by atoms with E-state index >= 15 is 0 Å². The van der Waals surface area contributed by atoms with Crippen molar-refractivity contribution in [1.82, 2.24) is 0 Å². The van der Waals surface area contributed by atoms with Crippen LogP contribution in [0.1, 0.15) is 80.1 Å². The quantitative estimate of drug-likeness (QED) is 0.359. The van der Waals surface area contributed by atoms with E-state index < -0.39 is 8.32 Å². The molecule has 0 bridgehead atoms. The molecule has 1 radical (unpaired) electrons. The molecule has 0 saturated heterocycles. The zero-order valence-corrected chi connectivity index (χ0v) is 16.0. The molecule has 121 valence electrons. The standard InChI is InChI=1S/C18H39OSi/c1-16(2)10-7-13-20(19,14-8-11-17(3)4)15-9-12-18(5)6/h16-18H,7-15H2,1-6H3. The summed E-state index contributed by atoms with van der Waals surface area (Å²) in [5.74, 6) is 2.25. The van der Waals surface area contributed by atoms with Gasteiger partial charge < -0.3 is 0 Å². The van der Waals surface area contributed by atoms with Gasteiger partial charge in [-0.1, -0.05) is 80.1 Å². The minimum Gasteiger partial charge on any atom is -0.297 e. The lowest BCUT2D eigenvalue weighted by Crippen LogP contribution is -2.32. The van der Waals surface area contributed by atoms with E-state index in [0.717, 1.165) is 35.9 Å². The zero-order valence-electron chi connectivity index (χ0n) is 15.0. The average Bonchev–Trinajstić information content (AvgIpc) is 2.27. The van der Waals surface area contributed by atoms with E-state index in [4.69, 9.17) is 0 Å². The predicted molar refractivity (Wildman–Crippen MR) is 93.1 cm³/mol. The highest BCUT2D eigenvalue weighted by molar-refractivity contribution is 6.72. The molecule has 20 heavy (non-hydrogen) atoms. The molecule has 0 fully saturated rings. The molecule has 0 aliphatic rings. The van der Waals surface area contributed by atoms with Crippen LogP contribution in [-0.4, -0.2) is 8.32 Å². The summed E-state index contributed by atoms with van der Waals surface area (Å²) in [4.78, 5) is 13.2. The van der Waals surface area contributed by atoms with Crippen molar-refractivity contribution in [1.29, 1.82) is 0 Å². The van der Waals surface area contributed by atoms with Crippen molar-refractivity contribution >= 4 is 8.32 Å². The fourth-order valence-electron chi connectivity index (χ4n) is 2.87. The van der Waals surface area contributed by atoms with Gasteiger partial charge in [-0.15, -0.1) is 0 Å². The molecular formula is C18H39OSi. The van der Waals surface area contributed by atoms with Crippen molar-refractivity contribution in [2.45, 2.75) is 98.2 Å². The highest BCUT2D eigenvalue weighted by Gasteiger charge is 2.32. The maximum Gasteiger partial charge on any atom is 0.237 e. The average molecular weight is 300 g/mol. The van der Waals surface area contributed by atoms with Crippen LogP contribution in [0.3, 0.4) is 0 Å². The molecule has 2 heteroatoms. The van der Waals surface area contributed by atoms with E-state index in [9.17, 15) is 4.80 Å². The van der Waals surface area contributed by atoms with Gasteiger partial charge in [0.2, 0.25) is 8.32 Å². The predicted octanol–water partition coefficient (Wildman–Crippen LogP) is 6.67. The van der Waals surface area contributed by atoms with Crippen molar-refractivity contribution in [3.63, 3.8) is 0 Å². The molecule has 0 unspecified atom stereocenters. The molecule has 0 heterocycles. The summed E-state index contributed by atoms with van der Waals surface area (Å²) in [5.41, 5.74) is 0. The zero-order chi connectivity index (χ0) is 15.6. The van der Waals surface area contributed by atoms with Gasteiger partial charge in [0.05, 0.1) is 0 Å². The van der Waals surface area contributed by atoms with Crippen molar-refractivity contribution < 1.29 is 4.80 Å². The Bertz CT molecular complexity index is 187. The van der Waals surface area contributed by atoms with Crippen LogP contribution in [0.2, 0.25) is 18.1 Å². The van der Waals surface area contributed by atoms with E-state index in [2.05, 4.69) is 41.5 Å². The molecule has 0 atom stereocenters. The highest BCUT2D eigenvalue weighted by atomic mass is 28.4. The SMILES string of the molecule is CC(C)CCC[Si]([O])(CCCC(C)C)CCCC(C)C. The third kappa shape index (κ3) is 12.0. The maximum atomic E-state index is 13.2. The Morgan fingerprint density at radius 3 is 1.05 bits per heavy atom. The first-order valence-electron chi connectivity index (χ1n) is 8.95. The summed E-state index contributed by atoms with van der Waals surface area (Å²) in [7, 11) is -2.20. The van der Waals surface area contributed by atoms with Crippen LogP contribution in [0.5, 0.6) is 0 Å². The molecular weight excluding hydrogens is 260 g/mol. The highest BCUT2D eigenvalue weighted by Crippen LogP contribution is 2.28. The Morgan fingerprint density at radius 1 is 0.600 bits per heavy atom. The molecule has 0 aliphatic heterocycles. The summed E-state index contributed by atoms with van der Waals surface area (Å²) in [6.45, 7) is 13.6. The van der Waals surface area contributed by atoms with Crippen LogP contribution < -0.4 is 0 Å². The van der Waals surface area contributed by atoms with Gasteiger partial charge in [-0.3, -0.25) is 4.80 Å². The molecule has 0 aromatic heterocycles. The largest absolute Gasteiger partial charge is 0.297 e. The van der Waals surface area contributed by atoms with Crippen LogP contribution in [0.25, 0.3) is 0 Å². The van der Waals surface area contributed by atoms with E-state index in [1.165, 1.54) is 38.5 Å². The minimum absolute atomic E-state index is 0.750. The molecule has 0 N–H and O–H groups in total. The van der Waals surface area contributed by atoms with Crippen LogP contribution in [0.4, 0.5) is 0 Å². The molecule has 1 nitrogen and oxygen atoms in total. The van der Waals surface area contributed by atoms with E-state index in [1.54, 1.807) is 0 Å². The molecule has 0 rings (SSSR count). The fraction of sp³-hybridized carbons (Fsp3) is 1.00. The first kappa shape index (κ1) is 20.2. The second-order valence-electron chi connectivity index (χ2n) is 8.04. The number of hydrogen-bond donors (Lipinski definition) is 0. The Labute approximate surface area is 129 Å². The second kappa shape index (κ2) is 10.8. The topological polar surface area (TPSA) is 19.9 Å². The van der Waals surface area contributed by atoms with Crippen LogP contribution >= 0.6 is 0 Å². The first-order valence-corrected chi connectivity index (χ1v) is 11.5. The van der Waals surface area contributed by atoms with Crippen LogP contribution in [0.15, 0.2) is 0 Å². The summed E-state index contributed by atoms with van der Waals surface area (Å²) < 4.78 is 0. The Morgan fingerprint density at radius 2 is 0.850 bits per heavy atom. The van der Waals surface area contributed by atoms with Gasteiger partial charge in [0.15, 0.2) is 0 Å². The molecule has 0 aromatic rings. The van der Waals surface area contributed by atoms with Gasteiger partial charge in [0.25, 0.3) is 0 Å². The second-order valence-corrected chi connectivity index (χ2v) is 11.9. The smallest absolute Gasteiger partial charge is 0.237 e. The summed E-state index contributed by atoms with van der Waals surface area (Å²) in [5, 5.41) is 0. The molecule has 0 amide bonds. The normalized spacial score (nSPS) is 12.9. The lowest BCUT2D eigenvalue weighted by atomic mass is 10.1. The Balaban J connectivity index is 4.18. The van der Waals surface area contributed by atoms with Gasteiger partial charge >= 0.3 is 0 Å². The van der Waals surface area contributed by atoms with Gasteiger partial charge in [-0.25, -0.2) is 0 Å². The van der Waals surface area contributed by atoms with Crippen molar-refractivity contribution in [3.8, 4) is 0 Å². The monoisotopic (exact) mass is 299 g/mol. The lowest BCUT2D eigenvalue weighted by Gasteiger charge is -2.24. The van der Waals surface area contributed by atoms with Gasteiger partial charge in [-0.2, -0.15) is 0 Å². The summed E-state index contributed by atoms with van der Waals surface area (Å²) >= 11 is 0. The van der Waals surface area contributed by atoms with Crippen LogP contribution in [-0.2, 0) is 4.80 Å². The van der Waals surface area contributed by atoms with Crippen LogP contribution in [0, 0.1) is 17.8 Å². The summed E-state index contributed by atoms with van der Waals surface area (Å²) in [6.07, 6.45) is 7.26. The summed E-state index contributed by atoms with van der Waals surface area (Å²) in [6, 6.07) is 3.09. The Hall–Kier alpha value is 0.177. The number of rotatable bonds is 12. The Kier molecular flexibility index (Phi) is 10.9. The lowest BCUT2D eigenvalue weighted by molar-refractivity contribution is 0.392. The third-order valence-corrected chi connectivity index (χ3v) is 8.04. The minimum atomic E-state index is -2.20. The number of hydrogen-bond acceptors (Lipinski definition) is 0. The molecule has 0 spiro atoms. The van der Waals surface area contributed by atoms with Gasteiger partial charge in [0.1, 0.15) is 0 Å². The van der Waals surface area contributed by atoms with Crippen molar-refractivity contribution in [3.05, 3.63) is 0 Å². The van der Waals surface area contributed by atoms with E-state index in [-0.39, 0.29) is 0 Å².